The van der Waals surface area contributed by atoms with Crippen LogP contribution in [0.5, 0.6) is 0 Å². The first-order valence-corrected chi connectivity index (χ1v) is 16.4. The van der Waals surface area contributed by atoms with Crippen LogP contribution in [0.2, 0.25) is 0 Å². The Kier molecular flexibility index (Phi) is 4.81. The van der Waals surface area contributed by atoms with Crippen LogP contribution >= 0.6 is 12.6 Å². The number of rotatable bonds is 4. The predicted octanol–water partition coefficient (Wildman–Crippen LogP) is 2.63. The molecular weight excluding hydrogens is 467 g/mol. The molecule has 0 saturated heterocycles. The van der Waals surface area contributed by atoms with Crippen LogP contribution in [-0.4, -0.2) is 24.5 Å². The summed E-state index contributed by atoms with van der Waals surface area (Å²) >= 11 is 1.71. The molecule has 104 valence electrons. The molecule has 0 atom stereocenters. The fourth-order valence-corrected chi connectivity index (χ4v) is 22.6. The zero-order valence-electron chi connectivity index (χ0n) is 11.8. The second-order valence-electron chi connectivity index (χ2n) is 5.16. The molecule has 0 heterocycles. The number of thiol groups is 1. The van der Waals surface area contributed by atoms with E-state index < -0.39 is 21.2 Å². The molecule has 0 bridgehead atoms. The molecule has 3 rings (SSSR count). The Labute approximate surface area is 136 Å². The summed E-state index contributed by atoms with van der Waals surface area (Å²) in [5.74, 6) is 0. The molecule has 0 nitrogen and oxygen atoms in total. The Morgan fingerprint density at radius 2 is 0.810 bits per heavy atom. The molecule has 0 N–H and O–H groups in total. The Hall–Kier alpha value is -1.07. The van der Waals surface area contributed by atoms with Crippen molar-refractivity contribution in [2.24, 2.45) is 0 Å². The van der Waals surface area contributed by atoms with Gasteiger partial charge < -0.3 is 0 Å². The average Bonchev–Trinajstić information content (AvgIpc) is 2.59. The van der Waals surface area contributed by atoms with Gasteiger partial charge in [-0.15, -0.1) is 0 Å². The van der Waals surface area contributed by atoms with Gasteiger partial charge in [0, 0.05) is 0 Å². The van der Waals surface area contributed by atoms with Gasteiger partial charge in [0.1, 0.15) is 0 Å². The summed E-state index contributed by atoms with van der Waals surface area (Å²) in [6.45, 7) is 0. The van der Waals surface area contributed by atoms with E-state index >= 15 is 0 Å². The van der Waals surface area contributed by atoms with Crippen LogP contribution in [0.3, 0.4) is 0 Å². The molecule has 0 amide bonds. The van der Waals surface area contributed by atoms with Crippen molar-refractivity contribution in [1.29, 1.82) is 0 Å². The van der Waals surface area contributed by atoms with Crippen molar-refractivity contribution in [2.75, 3.05) is 3.31 Å². The SMILES string of the molecule is S[CH2][Pb]([c]1ccccc1)([c]1ccccc1)[c]1ccccc1. The van der Waals surface area contributed by atoms with Crippen molar-refractivity contribution in [3.63, 3.8) is 0 Å². The first-order chi connectivity index (χ1) is 10.4. The van der Waals surface area contributed by atoms with Gasteiger partial charge >= 0.3 is 137 Å². The Balaban J connectivity index is 2.29. The molecule has 0 aliphatic heterocycles. The van der Waals surface area contributed by atoms with E-state index in [1.807, 2.05) is 0 Å². The van der Waals surface area contributed by atoms with E-state index in [0.717, 1.165) is 3.31 Å². The molecular formula is C19H18PbS. The zero-order chi connectivity index (χ0) is 14.5. The second-order valence-corrected chi connectivity index (χ2v) is 22.9. The van der Waals surface area contributed by atoms with Gasteiger partial charge in [-0.05, 0) is 0 Å². The summed E-state index contributed by atoms with van der Waals surface area (Å²) in [7, 11) is 0. The van der Waals surface area contributed by atoms with Crippen LogP contribution < -0.4 is 9.37 Å². The van der Waals surface area contributed by atoms with Gasteiger partial charge in [0.25, 0.3) is 0 Å². The Bertz CT molecular complexity index is 584. The first-order valence-electron chi connectivity index (χ1n) is 7.15. The van der Waals surface area contributed by atoms with E-state index in [-0.39, 0.29) is 0 Å². The van der Waals surface area contributed by atoms with Gasteiger partial charge in [0.2, 0.25) is 0 Å². The Morgan fingerprint density at radius 3 is 1.05 bits per heavy atom. The molecule has 0 aliphatic rings. The maximum atomic E-state index is 4.83. The van der Waals surface area contributed by atoms with Gasteiger partial charge in [0.15, 0.2) is 0 Å². The van der Waals surface area contributed by atoms with Crippen molar-refractivity contribution >= 4 is 43.2 Å². The maximum absolute atomic E-state index is 4.83. The quantitative estimate of drug-likeness (QED) is 0.426. The second kappa shape index (κ2) is 6.79. The molecule has 0 radical (unpaired) electrons. The molecule has 0 unspecified atom stereocenters. The third-order valence-electron chi connectivity index (χ3n) is 4.04. The van der Waals surface area contributed by atoms with Gasteiger partial charge in [-0.2, -0.15) is 0 Å². The topological polar surface area (TPSA) is 0 Å². The summed E-state index contributed by atoms with van der Waals surface area (Å²) < 4.78 is 5.44. The normalized spacial score (nSPS) is 11.3. The molecule has 0 aliphatic carbocycles. The molecule has 0 spiro atoms. The van der Waals surface area contributed by atoms with Crippen molar-refractivity contribution in [3.05, 3.63) is 91.0 Å². The van der Waals surface area contributed by atoms with Gasteiger partial charge in [-0.25, -0.2) is 0 Å². The fraction of sp³-hybridized carbons (Fsp3) is 0.0526. The number of hydrogen-bond acceptors (Lipinski definition) is 1. The van der Waals surface area contributed by atoms with E-state index in [1.54, 1.807) is 0 Å². The molecule has 0 aromatic heterocycles. The Morgan fingerprint density at radius 1 is 0.524 bits per heavy atom. The van der Waals surface area contributed by atoms with E-state index in [9.17, 15) is 0 Å². The zero-order valence-corrected chi connectivity index (χ0v) is 16.6. The van der Waals surface area contributed by atoms with Crippen LogP contribution in [-0.2, 0) is 0 Å². The third kappa shape index (κ3) is 2.81. The van der Waals surface area contributed by atoms with E-state index in [1.165, 1.54) is 9.37 Å². The van der Waals surface area contributed by atoms with Crippen LogP contribution in [0.15, 0.2) is 91.0 Å². The van der Waals surface area contributed by atoms with E-state index in [2.05, 4.69) is 91.0 Å². The number of hydrogen-bond donors (Lipinski definition) is 1. The van der Waals surface area contributed by atoms with Gasteiger partial charge in [0.05, 0.1) is 0 Å². The van der Waals surface area contributed by atoms with E-state index in [4.69, 9.17) is 12.6 Å². The van der Waals surface area contributed by atoms with Crippen molar-refractivity contribution in [3.8, 4) is 0 Å². The number of benzene rings is 3. The van der Waals surface area contributed by atoms with Crippen molar-refractivity contribution in [2.45, 2.75) is 0 Å². The molecule has 21 heavy (non-hydrogen) atoms. The molecule has 0 saturated carbocycles. The van der Waals surface area contributed by atoms with Crippen molar-refractivity contribution < 1.29 is 0 Å². The average molecular weight is 486 g/mol. The summed E-state index contributed by atoms with van der Waals surface area (Å²) in [6.07, 6.45) is 0. The van der Waals surface area contributed by atoms with Gasteiger partial charge in [-0.1, -0.05) is 0 Å². The first kappa shape index (κ1) is 14.9. The van der Waals surface area contributed by atoms with Crippen LogP contribution in [0.1, 0.15) is 0 Å². The summed E-state index contributed by atoms with van der Waals surface area (Å²) in [5, 5.41) is 0. The minimum atomic E-state index is -3.12. The third-order valence-corrected chi connectivity index (χ3v) is 25.4. The monoisotopic (exact) mass is 486 g/mol. The molecule has 0 fully saturated rings. The molecule has 3 aromatic rings. The summed E-state index contributed by atoms with van der Waals surface area (Å²) in [6, 6.07) is 32.9. The summed E-state index contributed by atoms with van der Waals surface area (Å²) in [4.78, 5) is 0. The van der Waals surface area contributed by atoms with Crippen molar-refractivity contribution in [1.82, 2.24) is 0 Å². The summed E-state index contributed by atoms with van der Waals surface area (Å²) in [5.41, 5.74) is 0. The van der Waals surface area contributed by atoms with Crippen LogP contribution in [0, 0.1) is 0 Å². The van der Waals surface area contributed by atoms with E-state index in [0.29, 0.717) is 0 Å². The standard InChI is InChI=1S/3C6H5.CH3S.Pb/c3*1-2-4-6-5-3-1;1-2;/h3*1-5H;2H,1H2;. The molecule has 2 heteroatoms. The van der Waals surface area contributed by atoms with Gasteiger partial charge in [-0.3, -0.25) is 0 Å². The molecule has 3 aromatic carbocycles. The minimum absolute atomic E-state index is 0.949. The fourth-order valence-electron chi connectivity index (χ4n) is 2.94. The predicted molar refractivity (Wildman–Crippen MR) is 97.8 cm³/mol. The van der Waals surface area contributed by atoms with Crippen LogP contribution in [0.25, 0.3) is 0 Å². The van der Waals surface area contributed by atoms with Crippen LogP contribution in [0.4, 0.5) is 0 Å².